The van der Waals surface area contributed by atoms with Gasteiger partial charge in [0.2, 0.25) is 5.91 Å². The molecule has 3 rings (SSSR count). The number of hydrogen-bond donors (Lipinski definition) is 1. The number of thioether (sulfide) groups is 1. The number of hydrogen-bond acceptors (Lipinski definition) is 4. The predicted molar refractivity (Wildman–Crippen MR) is 107 cm³/mol. The number of benzene rings is 2. The van der Waals surface area contributed by atoms with Crippen LogP contribution in [0.1, 0.15) is 25.0 Å². The Morgan fingerprint density at radius 3 is 2.54 bits per heavy atom. The summed E-state index contributed by atoms with van der Waals surface area (Å²) >= 11 is 1.65. The maximum Gasteiger partial charge on any atom is 0.261 e. The zero-order chi connectivity index (χ0) is 19.1. The molecule has 0 saturated carbocycles. The molecule has 1 aliphatic heterocycles. The number of carbonyl (C=O) groups is 1. The number of fused-ring (bicyclic) bond motifs is 1. The van der Waals surface area contributed by atoms with Crippen LogP contribution >= 0.6 is 11.8 Å². The Balaban J connectivity index is 1.97. The molecule has 1 amide bonds. The number of nitrogens with zero attached hydrogens (tertiary/aromatic N) is 1. The van der Waals surface area contributed by atoms with E-state index in [9.17, 15) is 13.2 Å². The molecule has 0 radical (unpaired) electrons. The molecule has 1 unspecified atom stereocenters. The Hall–Kier alpha value is -1.99. The Morgan fingerprint density at radius 1 is 1.15 bits per heavy atom. The quantitative estimate of drug-likeness (QED) is 0.862. The average molecular weight is 391 g/mol. The summed E-state index contributed by atoms with van der Waals surface area (Å²) in [7, 11) is -3.74. The monoisotopic (exact) mass is 390 g/mol. The van der Waals surface area contributed by atoms with Crippen molar-refractivity contribution in [3.05, 3.63) is 47.5 Å². The van der Waals surface area contributed by atoms with E-state index < -0.39 is 10.0 Å². The van der Waals surface area contributed by atoms with Gasteiger partial charge < -0.3 is 4.90 Å². The summed E-state index contributed by atoms with van der Waals surface area (Å²) in [6, 6.07) is 10.4. The summed E-state index contributed by atoms with van der Waals surface area (Å²) in [6.45, 7) is 8.04. The molecule has 26 heavy (non-hydrogen) atoms. The zero-order valence-electron chi connectivity index (χ0n) is 15.2. The Bertz CT molecular complexity index is 971. The van der Waals surface area contributed by atoms with Gasteiger partial charge in [0.05, 0.1) is 10.6 Å². The van der Waals surface area contributed by atoms with Crippen molar-refractivity contribution in [2.24, 2.45) is 0 Å². The number of anilines is 2. The van der Waals surface area contributed by atoms with Gasteiger partial charge in [-0.3, -0.25) is 9.52 Å². The summed E-state index contributed by atoms with van der Waals surface area (Å²) in [4.78, 5) is 14.7. The van der Waals surface area contributed by atoms with Crippen LogP contribution < -0.4 is 9.62 Å². The number of amides is 1. The fraction of sp³-hybridized carbons (Fsp3) is 0.316. The van der Waals surface area contributed by atoms with Crippen molar-refractivity contribution in [1.29, 1.82) is 0 Å². The van der Waals surface area contributed by atoms with Gasteiger partial charge >= 0.3 is 0 Å². The van der Waals surface area contributed by atoms with Crippen molar-refractivity contribution in [2.75, 3.05) is 16.2 Å². The van der Waals surface area contributed by atoms with Crippen LogP contribution in [0.3, 0.4) is 0 Å². The van der Waals surface area contributed by atoms with Crippen LogP contribution in [-0.4, -0.2) is 26.1 Å². The summed E-state index contributed by atoms with van der Waals surface area (Å²) in [5.41, 5.74) is 3.30. The molecule has 0 spiro atoms. The highest BCUT2D eigenvalue weighted by Crippen LogP contribution is 2.39. The molecule has 1 aliphatic rings. The second-order valence-electron chi connectivity index (χ2n) is 6.59. The summed E-state index contributed by atoms with van der Waals surface area (Å²) < 4.78 is 28.2. The topological polar surface area (TPSA) is 66.5 Å². The lowest BCUT2D eigenvalue weighted by Crippen LogP contribution is -2.37. The van der Waals surface area contributed by atoms with E-state index in [4.69, 9.17) is 0 Å². The Labute approximate surface area is 158 Å². The standard InChI is InChI=1S/C19H22N2O3S2/c1-12-5-6-16(9-13(12)2)20-26(23,24)17-7-8-19-18(10-17)21(15(4)22)11-14(3)25-19/h5-10,14,20H,11H2,1-4H3. The van der Waals surface area contributed by atoms with Crippen molar-refractivity contribution < 1.29 is 13.2 Å². The summed E-state index contributed by atoms with van der Waals surface area (Å²) in [5, 5.41) is 0.266. The van der Waals surface area contributed by atoms with Crippen LogP contribution in [0, 0.1) is 13.8 Å². The van der Waals surface area contributed by atoms with E-state index in [0.29, 0.717) is 17.9 Å². The van der Waals surface area contributed by atoms with E-state index in [1.165, 1.54) is 6.92 Å². The normalized spacial score (nSPS) is 16.9. The number of sulfonamides is 1. The molecule has 2 aromatic carbocycles. The average Bonchev–Trinajstić information content (AvgIpc) is 2.56. The first kappa shape index (κ1) is 18.8. The van der Waals surface area contributed by atoms with Crippen molar-refractivity contribution in [1.82, 2.24) is 0 Å². The maximum atomic E-state index is 12.8. The largest absolute Gasteiger partial charge is 0.310 e. The van der Waals surface area contributed by atoms with E-state index in [1.54, 1.807) is 40.9 Å². The molecule has 1 atom stereocenters. The molecular formula is C19H22N2O3S2. The third kappa shape index (κ3) is 3.73. The molecule has 2 aromatic rings. The first-order chi connectivity index (χ1) is 12.2. The minimum Gasteiger partial charge on any atom is -0.310 e. The van der Waals surface area contributed by atoms with Crippen LogP contribution in [0.5, 0.6) is 0 Å². The van der Waals surface area contributed by atoms with Gasteiger partial charge in [-0.05, 0) is 55.3 Å². The summed E-state index contributed by atoms with van der Waals surface area (Å²) in [5.74, 6) is -0.0879. The SMILES string of the molecule is CC(=O)N1CC(C)Sc2ccc(S(=O)(=O)Nc3ccc(C)c(C)c3)cc21. The van der Waals surface area contributed by atoms with Gasteiger partial charge in [0.1, 0.15) is 0 Å². The highest BCUT2D eigenvalue weighted by Gasteiger charge is 2.27. The molecule has 138 valence electrons. The zero-order valence-corrected chi connectivity index (χ0v) is 16.9. The van der Waals surface area contributed by atoms with Crippen LogP contribution in [0.15, 0.2) is 46.2 Å². The number of aryl methyl sites for hydroxylation is 2. The smallest absolute Gasteiger partial charge is 0.261 e. The second kappa shape index (κ2) is 6.96. The third-order valence-electron chi connectivity index (χ3n) is 4.44. The molecule has 1 N–H and O–H groups in total. The van der Waals surface area contributed by atoms with Gasteiger partial charge in [-0.25, -0.2) is 8.42 Å². The first-order valence-corrected chi connectivity index (χ1v) is 10.7. The highest BCUT2D eigenvalue weighted by atomic mass is 32.2. The van der Waals surface area contributed by atoms with E-state index in [0.717, 1.165) is 16.0 Å². The molecule has 0 aromatic heterocycles. The molecule has 0 fully saturated rings. The molecule has 7 heteroatoms. The minimum absolute atomic E-state index is 0.0879. The van der Waals surface area contributed by atoms with Gasteiger partial charge in [-0.15, -0.1) is 11.8 Å². The second-order valence-corrected chi connectivity index (χ2v) is 9.75. The Kier molecular flexibility index (Phi) is 5.03. The van der Waals surface area contributed by atoms with E-state index in [1.807, 2.05) is 26.0 Å². The molecule has 5 nitrogen and oxygen atoms in total. The Morgan fingerprint density at radius 2 is 1.88 bits per heavy atom. The van der Waals surface area contributed by atoms with Gasteiger partial charge in [-0.2, -0.15) is 0 Å². The fourth-order valence-corrected chi connectivity index (χ4v) is 5.06. The predicted octanol–water partition coefficient (Wildman–Crippen LogP) is 3.95. The van der Waals surface area contributed by atoms with E-state index >= 15 is 0 Å². The number of carbonyl (C=O) groups excluding carboxylic acids is 1. The van der Waals surface area contributed by atoms with Crippen LogP contribution in [-0.2, 0) is 14.8 Å². The van der Waals surface area contributed by atoms with Crippen LogP contribution in [0.25, 0.3) is 0 Å². The first-order valence-electron chi connectivity index (χ1n) is 8.36. The molecule has 0 bridgehead atoms. The number of rotatable bonds is 3. The third-order valence-corrected chi connectivity index (χ3v) is 6.97. The lowest BCUT2D eigenvalue weighted by atomic mass is 10.1. The van der Waals surface area contributed by atoms with Gasteiger partial charge in [-0.1, -0.05) is 13.0 Å². The number of nitrogens with one attached hydrogen (secondary N) is 1. The van der Waals surface area contributed by atoms with Crippen molar-refractivity contribution in [3.8, 4) is 0 Å². The molecular weight excluding hydrogens is 368 g/mol. The molecule has 0 saturated heterocycles. The van der Waals surface area contributed by atoms with E-state index in [2.05, 4.69) is 11.6 Å². The van der Waals surface area contributed by atoms with Crippen molar-refractivity contribution in [2.45, 2.75) is 42.7 Å². The van der Waals surface area contributed by atoms with Crippen LogP contribution in [0.4, 0.5) is 11.4 Å². The van der Waals surface area contributed by atoms with Crippen molar-refractivity contribution in [3.63, 3.8) is 0 Å². The van der Waals surface area contributed by atoms with Gasteiger partial charge in [0.25, 0.3) is 10.0 Å². The van der Waals surface area contributed by atoms with Crippen molar-refractivity contribution >= 4 is 39.1 Å². The lowest BCUT2D eigenvalue weighted by molar-refractivity contribution is -0.116. The minimum atomic E-state index is -3.74. The lowest BCUT2D eigenvalue weighted by Gasteiger charge is -2.32. The van der Waals surface area contributed by atoms with Gasteiger partial charge in [0, 0.05) is 29.3 Å². The molecule has 1 heterocycles. The van der Waals surface area contributed by atoms with E-state index in [-0.39, 0.29) is 16.1 Å². The maximum absolute atomic E-state index is 12.8. The summed E-state index contributed by atoms with van der Waals surface area (Å²) in [6.07, 6.45) is 0. The van der Waals surface area contributed by atoms with Crippen LogP contribution in [0.2, 0.25) is 0 Å². The fourth-order valence-electron chi connectivity index (χ4n) is 2.90. The molecule has 0 aliphatic carbocycles. The van der Waals surface area contributed by atoms with Gasteiger partial charge in [0.15, 0.2) is 0 Å². The highest BCUT2D eigenvalue weighted by molar-refractivity contribution is 8.00.